The third-order valence-corrected chi connectivity index (χ3v) is 1.07. The molecule has 0 bridgehead atoms. The van der Waals surface area contributed by atoms with Gasteiger partial charge in [0.05, 0.1) is 5.57 Å². The molecule has 64 valence electrons. The summed E-state index contributed by atoms with van der Waals surface area (Å²) in [6.45, 7) is 7.38. The Bertz CT molecular complexity index is 147. The van der Waals surface area contributed by atoms with Gasteiger partial charge in [-0.25, -0.2) is 4.79 Å². The number of hydrogen-bond acceptors (Lipinski definition) is 3. The summed E-state index contributed by atoms with van der Waals surface area (Å²) >= 11 is 0. The molecular weight excluding hydrogens is 144 g/mol. The second kappa shape index (κ2) is 5.92. The highest BCUT2D eigenvalue weighted by atomic mass is 16.5. The summed E-state index contributed by atoms with van der Waals surface area (Å²) in [4.78, 5) is 9.94. The monoisotopic (exact) mass is 158 g/mol. The van der Waals surface area contributed by atoms with Crippen molar-refractivity contribution in [2.45, 2.75) is 20.8 Å². The largest absolute Gasteiger partial charge is 0.430 e. The fraction of sp³-hybridized carbons (Fsp3) is 0.625. The summed E-state index contributed by atoms with van der Waals surface area (Å²) in [5, 5.41) is 0. The number of rotatable bonds is 2. The lowest BCUT2D eigenvalue weighted by molar-refractivity contribution is -0.138. The van der Waals surface area contributed by atoms with Gasteiger partial charge in [0, 0.05) is 13.2 Å². The quantitative estimate of drug-likeness (QED) is 0.571. The van der Waals surface area contributed by atoms with Crippen LogP contribution in [-0.2, 0) is 14.3 Å². The van der Waals surface area contributed by atoms with Crippen LogP contribution >= 0.6 is 0 Å². The second-order valence-corrected chi connectivity index (χ2v) is 1.99. The third-order valence-electron chi connectivity index (χ3n) is 1.07. The molecule has 3 nitrogen and oxygen atoms in total. The van der Waals surface area contributed by atoms with E-state index in [-0.39, 0.29) is 5.97 Å². The SMILES string of the molecule is CC1=COC1=O.CCOCC. The van der Waals surface area contributed by atoms with Crippen LogP contribution in [0.3, 0.4) is 0 Å². The summed E-state index contributed by atoms with van der Waals surface area (Å²) in [7, 11) is 0. The van der Waals surface area contributed by atoms with Crippen LogP contribution in [0.1, 0.15) is 20.8 Å². The number of cyclic esters (lactones) is 1. The lowest BCUT2D eigenvalue weighted by atomic mass is 10.3. The van der Waals surface area contributed by atoms with E-state index in [9.17, 15) is 4.79 Å². The zero-order valence-corrected chi connectivity index (χ0v) is 7.22. The van der Waals surface area contributed by atoms with Crippen LogP contribution < -0.4 is 0 Å². The van der Waals surface area contributed by atoms with Gasteiger partial charge in [-0.3, -0.25) is 0 Å². The maximum atomic E-state index is 9.94. The van der Waals surface area contributed by atoms with Gasteiger partial charge in [0.25, 0.3) is 0 Å². The van der Waals surface area contributed by atoms with Crippen molar-refractivity contribution in [2.24, 2.45) is 0 Å². The summed E-state index contributed by atoms with van der Waals surface area (Å²) in [5.41, 5.74) is 0.704. The molecule has 0 N–H and O–H groups in total. The molecule has 0 atom stereocenters. The summed E-state index contributed by atoms with van der Waals surface area (Å²) < 4.78 is 9.08. The Morgan fingerprint density at radius 1 is 1.45 bits per heavy atom. The van der Waals surface area contributed by atoms with E-state index in [0.29, 0.717) is 5.57 Å². The first-order chi connectivity index (χ1) is 5.22. The molecule has 0 saturated carbocycles. The predicted octanol–water partition coefficient (Wildman–Crippen LogP) is 1.49. The topological polar surface area (TPSA) is 35.5 Å². The molecule has 1 aliphatic heterocycles. The van der Waals surface area contributed by atoms with Gasteiger partial charge in [0.2, 0.25) is 0 Å². The molecule has 0 radical (unpaired) electrons. The highest BCUT2D eigenvalue weighted by Gasteiger charge is 2.12. The zero-order valence-electron chi connectivity index (χ0n) is 7.22. The summed E-state index contributed by atoms with van der Waals surface area (Å²) in [6.07, 6.45) is 1.43. The molecule has 0 aromatic heterocycles. The average Bonchev–Trinajstić information content (AvgIpc) is 2.04. The minimum Gasteiger partial charge on any atom is -0.430 e. The number of carbonyl (C=O) groups excluding carboxylic acids is 1. The standard InChI is InChI=1S/C4H4O2.C4H10O/c1-3-2-6-4(3)5;1-3-5-4-2/h2H,1H3;3-4H2,1-2H3. The molecule has 1 rings (SSSR count). The molecule has 0 aliphatic carbocycles. The van der Waals surface area contributed by atoms with Crippen LogP contribution in [0.15, 0.2) is 11.8 Å². The average molecular weight is 158 g/mol. The molecule has 1 heterocycles. The second-order valence-electron chi connectivity index (χ2n) is 1.99. The van der Waals surface area contributed by atoms with E-state index in [1.807, 2.05) is 13.8 Å². The number of esters is 1. The van der Waals surface area contributed by atoms with Crippen LogP contribution in [0.4, 0.5) is 0 Å². The molecule has 0 unspecified atom stereocenters. The maximum Gasteiger partial charge on any atom is 0.341 e. The van der Waals surface area contributed by atoms with E-state index < -0.39 is 0 Å². The molecule has 0 aromatic carbocycles. The van der Waals surface area contributed by atoms with Gasteiger partial charge >= 0.3 is 5.97 Å². The van der Waals surface area contributed by atoms with Crippen molar-refractivity contribution in [1.82, 2.24) is 0 Å². The van der Waals surface area contributed by atoms with Gasteiger partial charge in [-0.2, -0.15) is 0 Å². The lowest BCUT2D eigenvalue weighted by Gasteiger charge is -2.05. The van der Waals surface area contributed by atoms with Crippen LogP contribution in [0.5, 0.6) is 0 Å². The Labute approximate surface area is 67.0 Å². The first-order valence-electron chi connectivity index (χ1n) is 3.67. The van der Waals surface area contributed by atoms with Crippen molar-refractivity contribution in [3.8, 4) is 0 Å². The summed E-state index contributed by atoms with van der Waals surface area (Å²) in [6, 6.07) is 0. The first kappa shape index (κ1) is 10.2. The molecule has 0 fully saturated rings. The van der Waals surface area contributed by atoms with Crippen molar-refractivity contribution < 1.29 is 14.3 Å². The molecular formula is C8H14O3. The van der Waals surface area contributed by atoms with E-state index in [0.717, 1.165) is 13.2 Å². The van der Waals surface area contributed by atoms with E-state index >= 15 is 0 Å². The van der Waals surface area contributed by atoms with Crippen molar-refractivity contribution >= 4 is 5.97 Å². The zero-order chi connectivity index (χ0) is 8.69. The molecule has 0 saturated heterocycles. The minimum atomic E-state index is -0.199. The highest BCUT2D eigenvalue weighted by molar-refractivity contribution is 5.92. The van der Waals surface area contributed by atoms with Crippen LogP contribution in [0.25, 0.3) is 0 Å². The first-order valence-corrected chi connectivity index (χ1v) is 3.67. The van der Waals surface area contributed by atoms with Crippen LogP contribution in [-0.4, -0.2) is 19.2 Å². The Kier molecular flexibility index (Phi) is 5.47. The molecule has 0 spiro atoms. The fourth-order valence-corrected chi connectivity index (χ4v) is 0.429. The normalized spacial score (nSPS) is 13.7. The Morgan fingerprint density at radius 2 is 1.91 bits per heavy atom. The van der Waals surface area contributed by atoms with E-state index in [1.165, 1.54) is 6.26 Å². The molecule has 0 amide bonds. The fourth-order valence-electron chi connectivity index (χ4n) is 0.429. The molecule has 3 heteroatoms. The third kappa shape index (κ3) is 4.56. The maximum absolute atomic E-state index is 9.94. The summed E-state index contributed by atoms with van der Waals surface area (Å²) in [5.74, 6) is -0.199. The lowest BCUT2D eigenvalue weighted by Crippen LogP contribution is -2.10. The number of hydrogen-bond donors (Lipinski definition) is 0. The number of carbonyl (C=O) groups is 1. The van der Waals surface area contributed by atoms with Gasteiger partial charge in [0.15, 0.2) is 0 Å². The van der Waals surface area contributed by atoms with Crippen molar-refractivity contribution in [3.05, 3.63) is 11.8 Å². The van der Waals surface area contributed by atoms with Crippen molar-refractivity contribution in [2.75, 3.05) is 13.2 Å². The van der Waals surface area contributed by atoms with Crippen LogP contribution in [0, 0.1) is 0 Å². The molecule has 0 aromatic rings. The highest BCUT2D eigenvalue weighted by Crippen LogP contribution is 2.06. The van der Waals surface area contributed by atoms with Gasteiger partial charge in [-0.15, -0.1) is 0 Å². The van der Waals surface area contributed by atoms with E-state index in [2.05, 4.69) is 4.74 Å². The van der Waals surface area contributed by atoms with E-state index in [4.69, 9.17) is 4.74 Å². The Balaban J connectivity index is 0.000000187. The molecule has 11 heavy (non-hydrogen) atoms. The minimum absolute atomic E-state index is 0.199. The smallest absolute Gasteiger partial charge is 0.341 e. The molecule has 1 aliphatic rings. The number of ether oxygens (including phenoxy) is 2. The van der Waals surface area contributed by atoms with Crippen molar-refractivity contribution in [3.63, 3.8) is 0 Å². The Hall–Kier alpha value is -0.830. The van der Waals surface area contributed by atoms with Crippen LogP contribution in [0.2, 0.25) is 0 Å². The predicted molar refractivity (Wildman–Crippen MR) is 42.0 cm³/mol. The van der Waals surface area contributed by atoms with Gasteiger partial charge in [-0.05, 0) is 20.8 Å². The van der Waals surface area contributed by atoms with Crippen molar-refractivity contribution in [1.29, 1.82) is 0 Å². The Morgan fingerprint density at radius 3 is 1.91 bits per heavy atom. The van der Waals surface area contributed by atoms with Gasteiger partial charge in [-0.1, -0.05) is 0 Å². The van der Waals surface area contributed by atoms with Gasteiger partial charge in [0.1, 0.15) is 6.26 Å². The van der Waals surface area contributed by atoms with Gasteiger partial charge < -0.3 is 9.47 Å². The van der Waals surface area contributed by atoms with E-state index in [1.54, 1.807) is 6.92 Å².